The molecule has 4 heterocycles. The number of carbonyl (C=O) groups excluding carboxylic acids is 3. The Morgan fingerprint density at radius 3 is 1.93 bits per heavy atom. The van der Waals surface area contributed by atoms with Crippen LogP contribution in [-0.4, -0.2) is 93.2 Å². The first-order valence-corrected chi connectivity index (χ1v) is 11.2. The summed E-state index contributed by atoms with van der Waals surface area (Å²) < 4.78 is 24.5. The monoisotopic (exact) mass is 567 g/mol. The largest absolute Gasteiger partial charge is 0.477 e. The summed E-state index contributed by atoms with van der Waals surface area (Å²) in [6, 6.07) is 6.81. The molecule has 0 saturated heterocycles. The summed E-state index contributed by atoms with van der Waals surface area (Å²) in [6.07, 6.45) is 0. The van der Waals surface area contributed by atoms with E-state index in [2.05, 4.69) is 55.8 Å². The quantitative estimate of drug-likeness (QED) is 0.250. The maximum atomic E-state index is 13.3. The molecule has 0 saturated carbocycles. The van der Waals surface area contributed by atoms with Gasteiger partial charge in [-0.05, 0) is 45.0 Å². The molecule has 4 aromatic heterocycles. The second kappa shape index (κ2) is 11.8. The van der Waals surface area contributed by atoms with Gasteiger partial charge in [0, 0.05) is 18.7 Å². The molecule has 0 aliphatic rings. The number of carbonyl (C=O) groups is 4. The number of hydrogen-bond acceptors (Lipinski definition) is 14. The summed E-state index contributed by atoms with van der Waals surface area (Å²) in [6.45, 7) is 1.81. The highest BCUT2D eigenvalue weighted by Gasteiger charge is 2.20. The number of ether oxygens (including phenoxy) is 2. The molecule has 41 heavy (non-hydrogen) atoms. The highest BCUT2D eigenvalue weighted by molar-refractivity contribution is 5.96. The lowest BCUT2D eigenvalue weighted by Gasteiger charge is -2.07. The average molecular weight is 567 g/mol. The van der Waals surface area contributed by atoms with Crippen LogP contribution in [0.2, 0.25) is 0 Å². The molecule has 0 bridgehead atoms. The van der Waals surface area contributed by atoms with Crippen LogP contribution in [0.25, 0.3) is 11.6 Å². The molecular weight excluding hydrogens is 549 g/mol. The van der Waals surface area contributed by atoms with Crippen LogP contribution in [0.5, 0.6) is 0 Å². The van der Waals surface area contributed by atoms with E-state index < -0.39 is 23.8 Å². The van der Waals surface area contributed by atoms with Crippen molar-refractivity contribution in [1.82, 2.24) is 55.4 Å². The molecule has 1 amide bonds. The zero-order valence-corrected chi connectivity index (χ0v) is 21.3. The first-order valence-electron chi connectivity index (χ1n) is 11.2. The summed E-state index contributed by atoms with van der Waals surface area (Å²) in [4.78, 5) is 53.8. The van der Waals surface area contributed by atoms with E-state index in [4.69, 9.17) is 5.11 Å². The molecule has 19 heteroatoms. The van der Waals surface area contributed by atoms with Gasteiger partial charge in [-0.2, -0.15) is 9.03 Å². The average Bonchev–Trinajstić information content (AvgIpc) is 3.65. The van der Waals surface area contributed by atoms with E-state index in [1.54, 1.807) is 19.1 Å². The normalized spacial score (nSPS) is 10.5. The summed E-state index contributed by atoms with van der Waals surface area (Å²) in [5, 5.41) is 32.3. The number of amides is 1. The number of methoxy groups -OCH3 is 2. The van der Waals surface area contributed by atoms with Crippen LogP contribution < -0.4 is 5.32 Å². The zero-order valence-electron chi connectivity index (χ0n) is 21.3. The van der Waals surface area contributed by atoms with E-state index in [1.165, 1.54) is 26.4 Å². The third kappa shape index (κ3) is 6.02. The Balaban J connectivity index is 0.000000208. The van der Waals surface area contributed by atoms with Crippen molar-refractivity contribution < 1.29 is 38.1 Å². The van der Waals surface area contributed by atoms with Gasteiger partial charge in [0.2, 0.25) is 0 Å². The molecule has 18 nitrogen and oxygen atoms in total. The van der Waals surface area contributed by atoms with Gasteiger partial charge >= 0.3 is 17.9 Å². The topological polar surface area (TPSA) is 231 Å². The Kier molecular flexibility index (Phi) is 8.06. The van der Waals surface area contributed by atoms with Crippen LogP contribution in [0.15, 0.2) is 30.3 Å². The third-order valence-electron chi connectivity index (χ3n) is 5.27. The summed E-state index contributed by atoms with van der Waals surface area (Å²) in [5.74, 6) is -3.67. The van der Waals surface area contributed by atoms with Crippen molar-refractivity contribution in [3.8, 4) is 0 Å². The van der Waals surface area contributed by atoms with Crippen LogP contribution in [0.1, 0.15) is 53.1 Å². The molecule has 0 aliphatic heterocycles. The van der Waals surface area contributed by atoms with Crippen LogP contribution in [0, 0.1) is 12.7 Å². The van der Waals surface area contributed by atoms with Gasteiger partial charge in [-0.15, -0.1) is 0 Å². The van der Waals surface area contributed by atoms with Gasteiger partial charge in [-0.3, -0.25) is 4.79 Å². The Morgan fingerprint density at radius 2 is 1.41 bits per heavy atom. The van der Waals surface area contributed by atoms with Crippen molar-refractivity contribution in [2.45, 2.75) is 13.5 Å². The molecule has 0 atom stereocenters. The molecule has 0 radical (unpaired) electrons. The van der Waals surface area contributed by atoms with E-state index in [-0.39, 0.29) is 46.7 Å². The van der Waals surface area contributed by atoms with Crippen molar-refractivity contribution in [2.24, 2.45) is 0 Å². The summed E-state index contributed by atoms with van der Waals surface area (Å²) in [7, 11) is 2.37. The molecule has 0 unspecified atom stereocenters. The number of fused-ring (bicyclic) bond motifs is 2. The number of tetrazole rings is 2. The van der Waals surface area contributed by atoms with Crippen LogP contribution in [0.4, 0.5) is 4.39 Å². The highest BCUT2D eigenvalue weighted by atomic mass is 19.1. The number of benzene rings is 1. The van der Waals surface area contributed by atoms with Gasteiger partial charge in [0.05, 0.1) is 14.2 Å². The third-order valence-corrected chi connectivity index (χ3v) is 5.27. The Labute approximate surface area is 227 Å². The summed E-state index contributed by atoms with van der Waals surface area (Å²) in [5.41, 5.74) is 0.707. The van der Waals surface area contributed by atoms with Gasteiger partial charge in [-0.25, -0.2) is 28.7 Å². The fourth-order valence-electron chi connectivity index (χ4n) is 3.29. The molecule has 2 N–H and O–H groups in total. The minimum absolute atomic E-state index is 0.00863. The van der Waals surface area contributed by atoms with Crippen molar-refractivity contribution in [3.63, 3.8) is 0 Å². The Morgan fingerprint density at radius 1 is 0.878 bits per heavy atom. The number of aromatic nitrogens is 10. The van der Waals surface area contributed by atoms with E-state index in [9.17, 15) is 23.6 Å². The standard InChI is InChI=1S/C15H13FN6O3.C7H5N5O4/c1-8-5-9(3-4-10(8)16)7-17-13(23)11-6-12(14(24)25-2)22-15(18-11)19-20-21-22;1-16-6(15)4-2-3(5(13)14)8-7-9-10-11-12(4)7/h3-6H,7H2,1-2H3,(H,17,23);2H,1H3,(H,13,14). The molecule has 5 aromatic rings. The number of halogens is 1. The number of nitrogens with zero attached hydrogens (tertiary/aromatic N) is 10. The lowest BCUT2D eigenvalue weighted by atomic mass is 10.1. The molecule has 1 aromatic carbocycles. The SMILES string of the molecule is COC(=O)c1cc(C(=O)NCc2ccc(F)c(C)c2)nc2nnnn12.COC(=O)c1cc(C(=O)O)nc2nnnn12. The molecule has 0 aliphatic carbocycles. The molecule has 0 fully saturated rings. The first-order chi connectivity index (χ1) is 19.6. The number of carboxylic acid groups (broad SMARTS) is 1. The maximum Gasteiger partial charge on any atom is 0.357 e. The maximum absolute atomic E-state index is 13.3. The molecular formula is C22H18FN11O7. The van der Waals surface area contributed by atoms with Crippen LogP contribution in [0.3, 0.4) is 0 Å². The smallest absolute Gasteiger partial charge is 0.357 e. The van der Waals surface area contributed by atoms with Crippen molar-refractivity contribution in [3.05, 3.63) is 70.1 Å². The van der Waals surface area contributed by atoms with Gasteiger partial charge < -0.3 is 19.9 Å². The minimum Gasteiger partial charge on any atom is -0.477 e. The molecule has 0 spiro atoms. The lowest BCUT2D eigenvalue weighted by molar-refractivity contribution is 0.0580. The Hall–Kier alpha value is -6.01. The number of carboxylic acids is 1. The van der Waals surface area contributed by atoms with Gasteiger partial charge in [0.15, 0.2) is 17.1 Å². The lowest BCUT2D eigenvalue weighted by Crippen LogP contribution is -2.25. The number of rotatable bonds is 6. The van der Waals surface area contributed by atoms with Crippen molar-refractivity contribution in [1.29, 1.82) is 0 Å². The zero-order chi connectivity index (χ0) is 29.7. The van der Waals surface area contributed by atoms with E-state index in [0.29, 0.717) is 5.56 Å². The Bertz CT molecular complexity index is 1800. The highest BCUT2D eigenvalue weighted by Crippen LogP contribution is 2.11. The van der Waals surface area contributed by atoms with E-state index in [1.807, 2.05) is 0 Å². The van der Waals surface area contributed by atoms with Gasteiger partial charge in [0.25, 0.3) is 17.5 Å². The molecule has 210 valence electrons. The van der Waals surface area contributed by atoms with Gasteiger partial charge in [0.1, 0.15) is 11.5 Å². The molecule has 5 rings (SSSR count). The predicted molar refractivity (Wildman–Crippen MR) is 129 cm³/mol. The second-order valence-electron chi connectivity index (χ2n) is 7.89. The second-order valence-corrected chi connectivity index (χ2v) is 7.89. The van der Waals surface area contributed by atoms with Gasteiger partial charge in [-0.1, -0.05) is 22.3 Å². The first kappa shape index (κ1) is 28.0. The van der Waals surface area contributed by atoms with Crippen LogP contribution >= 0.6 is 0 Å². The van der Waals surface area contributed by atoms with Crippen molar-refractivity contribution in [2.75, 3.05) is 14.2 Å². The van der Waals surface area contributed by atoms with Crippen LogP contribution in [-0.2, 0) is 16.0 Å². The summed E-state index contributed by atoms with van der Waals surface area (Å²) >= 11 is 0. The number of esters is 2. The van der Waals surface area contributed by atoms with E-state index >= 15 is 0 Å². The number of nitrogens with one attached hydrogen (secondary N) is 1. The number of aryl methyl sites for hydroxylation is 1. The number of hydrogen-bond donors (Lipinski definition) is 2. The number of aromatic carboxylic acids is 1. The van der Waals surface area contributed by atoms with E-state index in [0.717, 1.165) is 20.7 Å². The van der Waals surface area contributed by atoms with Crippen molar-refractivity contribution >= 4 is 35.4 Å². The fourth-order valence-corrected chi connectivity index (χ4v) is 3.29. The minimum atomic E-state index is -1.28. The predicted octanol–water partition coefficient (Wildman–Crippen LogP) is -0.312. The fraction of sp³-hybridized carbons (Fsp3) is 0.182.